The standard InChI is InChI=1S/C29H36N8O9S/c30-29(31)32-9-3-6-18-25(42)33-12-22(39)36-19(11-23(40)41)26(43)37-20(28(45)46)14-47-24(27(44)34-13-21(38)35-18)17-8-7-15-4-1-2-5-16(15)10-17/h1-2,4-5,7-8,10,18-20,24H,3,6,9,11-14H2,(H,33,42)(H,34,44)(H,35,38)(H,36,39)(H,37,43)(H,40,41)(H,45,46)(H4,30,31,32)/t18-,19-,20-,24?/m0/s1. The summed E-state index contributed by atoms with van der Waals surface area (Å²) in [5, 5.41) is 31.5. The number of carbonyl (C=O) groups excluding carboxylic acids is 5. The molecule has 0 aromatic heterocycles. The average molecular weight is 673 g/mol. The van der Waals surface area contributed by atoms with Gasteiger partial charge in [-0.3, -0.25) is 33.8 Å². The maximum absolute atomic E-state index is 13.5. The smallest absolute Gasteiger partial charge is 0.327 e. The molecule has 17 nitrogen and oxygen atoms in total. The average Bonchev–Trinajstić information content (AvgIpc) is 3.02. The van der Waals surface area contributed by atoms with Crippen LogP contribution in [0.2, 0.25) is 0 Å². The Hall–Kier alpha value is -5.39. The number of aliphatic carboxylic acids is 2. The summed E-state index contributed by atoms with van der Waals surface area (Å²) >= 11 is 0.867. The zero-order chi connectivity index (χ0) is 34.5. The Labute approximate surface area is 272 Å². The molecule has 4 atom stereocenters. The summed E-state index contributed by atoms with van der Waals surface area (Å²) < 4.78 is 0. The van der Waals surface area contributed by atoms with Crippen LogP contribution in [0.25, 0.3) is 10.8 Å². The minimum absolute atomic E-state index is 0.0418. The molecule has 2 aromatic carbocycles. The molecule has 1 aliphatic heterocycles. The van der Waals surface area contributed by atoms with E-state index in [0.29, 0.717) is 5.56 Å². The molecular formula is C29H36N8O9S. The van der Waals surface area contributed by atoms with Crippen molar-refractivity contribution in [1.82, 2.24) is 26.6 Å². The number of nitrogens with two attached hydrogens (primary N) is 2. The van der Waals surface area contributed by atoms with Crippen LogP contribution in [-0.4, -0.2) is 101 Å². The van der Waals surface area contributed by atoms with Crippen molar-refractivity contribution >= 4 is 70.0 Å². The van der Waals surface area contributed by atoms with E-state index in [4.69, 9.17) is 11.5 Å². The lowest BCUT2D eigenvalue weighted by atomic mass is 10.0. The van der Waals surface area contributed by atoms with Crippen molar-refractivity contribution in [2.24, 2.45) is 16.5 Å². The van der Waals surface area contributed by atoms with Gasteiger partial charge in [0, 0.05) is 12.3 Å². The van der Waals surface area contributed by atoms with E-state index in [0.717, 1.165) is 22.5 Å². The van der Waals surface area contributed by atoms with Crippen LogP contribution in [0.15, 0.2) is 47.5 Å². The number of rotatable bonds is 8. The highest BCUT2D eigenvalue weighted by Crippen LogP contribution is 2.32. The molecule has 252 valence electrons. The summed E-state index contributed by atoms with van der Waals surface area (Å²) in [6.45, 7) is -1.12. The van der Waals surface area contributed by atoms with Crippen molar-refractivity contribution in [3.63, 3.8) is 0 Å². The second-order valence-corrected chi connectivity index (χ2v) is 11.6. The van der Waals surface area contributed by atoms with Crippen LogP contribution < -0.4 is 38.1 Å². The van der Waals surface area contributed by atoms with Crippen molar-refractivity contribution in [1.29, 1.82) is 0 Å². The van der Waals surface area contributed by atoms with Gasteiger partial charge in [-0.05, 0) is 35.2 Å². The van der Waals surface area contributed by atoms with Crippen molar-refractivity contribution in [2.75, 3.05) is 25.4 Å². The second kappa shape index (κ2) is 17.3. The van der Waals surface area contributed by atoms with Crippen LogP contribution in [0, 0.1) is 0 Å². The molecular weight excluding hydrogens is 636 g/mol. The number of thioether (sulfide) groups is 1. The number of fused-ring (bicyclic) bond motifs is 1. The molecule has 1 saturated heterocycles. The van der Waals surface area contributed by atoms with Crippen LogP contribution >= 0.6 is 11.8 Å². The third-order valence-corrected chi connectivity index (χ3v) is 8.18. The van der Waals surface area contributed by atoms with Crippen LogP contribution in [0.3, 0.4) is 0 Å². The second-order valence-electron chi connectivity index (χ2n) is 10.4. The maximum Gasteiger partial charge on any atom is 0.327 e. The van der Waals surface area contributed by atoms with Crippen molar-refractivity contribution in [3.05, 3.63) is 48.0 Å². The summed E-state index contributed by atoms with van der Waals surface area (Å²) in [5.74, 6) is -7.68. The van der Waals surface area contributed by atoms with Crippen molar-refractivity contribution < 1.29 is 43.8 Å². The molecule has 0 aliphatic carbocycles. The molecule has 1 unspecified atom stereocenters. The highest BCUT2D eigenvalue weighted by molar-refractivity contribution is 8.00. The molecule has 1 aliphatic rings. The quantitative estimate of drug-likeness (QED) is 0.0831. The largest absolute Gasteiger partial charge is 0.481 e. The molecule has 3 rings (SSSR count). The summed E-state index contributed by atoms with van der Waals surface area (Å²) in [6, 6.07) is 8.05. The van der Waals surface area contributed by atoms with Gasteiger partial charge in [-0.25, -0.2) is 4.79 Å². The van der Waals surface area contributed by atoms with Crippen LogP contribution in [-0.2, 0) is 33.6 Å². The highest BCUT2D eigenvalue weighted by Gasteiger charge is 2.31. The third kappa shape index (κ3) is 11.5. The highest BCUT2D eigenvalue weighted by atomic mass is 32.2. The lowest BCUT2D eigenvalue weighted by Gasteiger charge is -2.24. The molecule has 18 heteroatoms. The first-order valence-corrected chi connectivity index (χ1v) is 15.4. The molecule has 0 bridgehead atoms. The number of benzene rings is 2. The van der Waals surface area contributed by atoms with Gasteiger partial charge in [0.2, 0.25) is 29.5 Å². The number of amides is 5. The molecule has 0 saturated carbocycles. The predicted octanol–water partition coefficient (Wildman–Crippen LogP) is -2.07. The maximum atomic E-state index is 13.5. The third-order valence-electron chi connectivity index (χ3n) is 6.83. The van der Waals surface area contributed by atoms with Crippen molar-refractivity contribution in [3.8, 4) is 0 Å². The molecule has 11 N–H and O–H groups in total. The number of carboxylic acids is 2. The van der Waals surface area contributed by atoms with E-state index in [2.05, 4.69) is 31.6 Å². The van der Waals surface area contributed by atoms with Crippen LogP contribution in [0.4, 0.5) is 0 Å². The Morgan fingerprint density at radius 3 is 2.11 bits per heavy atom. The van der Waals surface area contributed by atoms with E-state index < -0.39 is 84.4 Å². The van der Waals surface area contributed by atoms with Gasteiger partial charge in [-0.2, -0.15) is 0 Å². The van der Waals surface area contributed by atoms with Crippen LogP contribution in [0.1, 0.15) is 30.1 Å². The number of hydrogen-bond donors (Lipinski definition) is 9. The number of carboxylic acid groups (broad SMARTS) is 2. The molecule has 5 amide bonds. The molecule has 2 aromatic rings. The number of nitrogens with zero attached hydrogens (tertiary/aromatic N) is 1. The monoisotopic (exact) mass is 672 g/mol. The van der Waals surface area contributed by atoms with E-state index in [1.165, 1.54) is 0 Å². The summed E-state index contributed by atoms with van der Waals surface area (Å²) in [7, 11) is 0. The number of guanidine groups is 1. The number of aliphatic imine (C=N–C) groups is 1. The molecule has 1 heterocycles. The van der Waals surface area contributed by atoms with E-state index in [1.54, 1.807) is 24.3 Å². The van der Waals surface area contributed by atoms with Gasteiger partial charge < -0.3 is 48.3 Å². The van der Waals surface area contributed by atoms with Crippen molar-refractivity contribution in [2.45, 2.75) is 42.6 Å². The molecule has 1 fully saturated rings. The summed E-state index contributed by atoms with van der Waals surface area (Å²) in [4.78, 5) is 92.3. The van der Waals surface area contributed by atoms with Gasteiger partial charge in [0.15, 0.2) is 5.96 Å². The minimum Gasteiger partial charge on any atom is -0.481 e. The Bertz CT molecular complexity index is 1550. The molecule has 0 radical (unpaired) electrons. The van der Waals surface area contributed by atoms with E-state index in [9.17, 15) is 43.8 Å². The number of nitrogens with one attached hydrogen (secondary N) is 5. The SMILES string of the molecule is NC(N)=NCCC[C@@H]1NC(=O)CNC(=O)C(c2ccc3ccccc3c2)SC[C@@H](C(=O)O)NC(=O)[C@H](CC(=O)O)NC(=O)CNC1=O. The fraction of sp³-hybridized carbons (Fsp3) is 0.379. The summed E-state index contributed by atoms with van der Waals surface area (Å²) in [5.41, 5.74) is 11.1. The van der Waals surface area contributed by atoms with E-state index in [1.807, 2.05) is 18.2 Å². The fourth-order valence-corrected chi connectivity index (χ4v) is 5.72. The lowest BCUT2D eigenvalue weighted by molar-refractivity contribution is -0.143. The van der Waals surface area contributed by atoms with E-state index in [-0.39, 0.29) is 31.1 Å². The Morgan fingerprint density at radius 1 is 0.830 bits per heavy atom. The topological polar surface area (TPSA) is 284 Å². The minimum atomic E-state index is -1.70. The van der Waals surface area contributed by atoms with Gasteiger partial charge in [0.1, 0.15) is 23.4 Å². The Kier molecular flexibility index (Phi) is 13.3. The van der Waals surface area contributed by atoms with Gasteiger partial charge in [0.25, 0.3) is 0 Å². The normalized spacial score (nSPS) is 21.9. The first-order chi connectivity index (χ1) is 22.3. The van der Waals surface area contributed by atoms with Gasteiger partial charge in [-0.15, -0.1) is 11.8 Å². The Morgan fingerprint density at radius 2 is 1.47 bits per heavy atom. The van der Waals surface area contributed by atoms with Gasteiger partial charge in [-0.1, -0.05) is 36.4 Å². The Balaban J connectivity index is 1.93. The van der Waals surface area contributed by atoms with Gasteiger partial charge >= 0.3 is 11.9 Å². The first kappa shape index (κ1) is 36.1. The van der Waals surface area contributed by atoms with E-state index >= 15 is 0 Å². The first-order valence-electron chi connectivity index (χ1n) is 14.4. The predicted molar refractivity (Wildman–Crippen MR) is 171 cm³/mol. The number of hydrogen-bond acceptors (Lipinski definition) is 9. The summed E-state index contributed by atoms with van der Waals surface area (Å²) in [6.07, 6.45) is -0.599. The fourth-order valence-electron chi connectivity index (χ4n) is 4.53. The zero-order valence-electron chi connectivity index (χ0n) is 25.1. The van der Waals surface area contributed by atoms with Gasteiger partial charge in [0.05, 0.1) is 19.5 Å². The molecule has 47 heavy (non-hydrogen) atoms. The molecule has 0 spiro atoms. The number of carbonyl (C=O) groups is 7. The zero-order valence-corrected chi connectivity index (χ0v) is 25.9. The van der Waals surface area contributed by atoms with Crippen LogP contribution in [0.5, 0.6) is 0 Å². The lowest BCUT2D eigenvalue weighted by Crippen LogP contribution is -2.55.